The largest absolute Gasteiger partial charge is 0.368 e. The fourth-order valence-electron chi connectivity index (χ4n) is 4.21. The van der Waals surface area contributed by atoms with Crippen molar-refractivity contribution < 1.29 is 18.0 Å². The van der Waals surface area contributed by atoms with E-state index in [1.807, 2.05) is 48.5 Å². The smallest absolute Gasteiger partial charge is 0.322 e. The van der Waals surface area contributed by atoms with Crippen molar-refractivity contribution in [3.63, 3.8) is 0 Å². The molecule has 0 fully saturated rings. The molecule has 1 heterocycles. The van der Waals surface area contributed by atoms with Crippen molar-refractivity contribution in [2.75, 3.05) is 6.54 Å². The Labute approximate surface area is 232 Å². The maximum atomic E-state index is 13.1. The Morgan fingerprint density at radius 2 is 1.58 bits per heavy atom. The Morgan fingerprint density at radius 1 is 0.921 bits per heavy atom. The third kappa shape index (κ3) is 7.99. The van der Waals surface area contributed by atoms with Gasteiger partial charge in [-0.2, -0.15) is 0 Å². The minimum atomic E-state index is -3.70. The molecule has 0 atom stereocenters. The van der Waals surface area contributed by atoms with Crippen LogP contribution in [0, 0.1) is 0 Å². The second-order valence-electron chi connectivity index (χ2n) is 8.79. The molecule has 0 amide bonds. The van der Waals surface area contributed by atoms with Gasteiger partial charge in [-0.05, 0) is 47.4 Å². The Kier molecular flexibility index (Phi) is 9.71. The van der Waals surface area contributed by atoms with Gasteiger partial charge in [-0.25, -0.2) is 13.1 Å². The SMILES string of the molecule is CC(=O)ON(Cc1cccc(Cl)c1)Cc1ccc(S(=O)(=O)NCCC(c2ccccc2)c2ccccc2)s1. The number of hydroxylamine groups is 2. The molecule has 0 unspecified atom stereocenters. The molecule has 0 aliphatic heterocycles. The molecule has 0 saturated carbocycles. The van der Waals surface area contributed by atoms with Crippen molar-refractivity contribution in [2.45, 2.75) is 36.6 Å². The van der Waals surface area contributed by atoms with Crippen molar-refractivity contribution in [1.82, 2.24) is 9.79 Å². The highest BCUT2D eigenvalue weighted by Crippen LogP contribution is 2.28. The summed E-state index contributed by atoms with van der Waals surface area (Å²) < 4.78 is 29.1. The summed E-state index contributed by atoms with van der Waals surface area (Å²) in [5.74, 6) is -0.382. The van der Waals surface area contributed by atoms with Gasteiger partial charge in [0.1, 0.15) is 4.21 Å². The first-order chi connectivity index (χ1) is 18.3. The summed E-state index contributed by atoms with van der Waals surface area (Å²) in [4.78, 5) is 17.8. The number of carbonyl (C=O) groups excluding carboxylic acids is 1. The summed E-state index contributed by atoms with van der Waals surface area (Å²) in [5.41, 5.74) is 3.15. The van der Waals surface area contributed by atoms with Crippen LogP contribution in [0.2, 0.25) is 5.02 Å². The lowest BCUT2D eigenvalue weighted by Crippen LogP contribution is -2.26. The molecule has 0 radical (unpaired) electrons. The molecule has 4 aromatic rings. The fraction of sp³-hybridized carbons (Fsp3) is 0.207. The zero-order valence-corrected chi connectivity index (χ0v) is 23.3. The summed E-state index contributed by atoms with van der Waals surface area (Å²) in [6, 6.07) is 30.8. The van der Waals surface area contributed by atoms with E-state index in [1.165, 1.54) is 12.0 Å². The lowest BCUT2D eigenvalue weighted by atomic mass is 9.89. The number of thiophene rings is 1. The van der Waals surface area contributed by atoms with Crippen LogP contribution in [0.5, 0.6) is 0 Å². The van der Waals surface area contributed by atoms with Gasteiger partial charge in [0, 0.05) is 29.3 Å². The number of hydrogen-bond donors (Lipinski definition) is 1. The predicted octanol–water partition coefficient (Wildman–Crippen LogP) is 6.38. The number of halogens is 1. The molecule has 9 heteroatoms. The molecule has 1 aromatic heterocycles. The van der Waals surface area contributed by atoms with Gasteiger partial charge in [0.15, 0.2) is 0 Å². The maximum absolute atomic E-state index is 13.1. The molecular formula is C29H29ClN2O4S2. The number of nitrogens with one attached hydrogen (secondary N) is 1. The first-order valence-electron chi connectivity index (χ1n) is 12.2. The van der Waals surface area contributed by atoms with Crippen LogP contribution in [0.1, 0.15) is 40.8 Å². The predicted molar refractivity (Wildman–Crippen MR) is 151 cm³/mol. The molecule has 1 N–H and O–H groups in total. The molecule has 0 aliphatic carbocycles. The van der Waals surface area contributed by atoms with E-state index in [4.69, 9.17) is 16.4 Å². The van der Waals surface area contributed by atoms with Gasteiger partial charge >= 0.3 is 5.97 Å². The molecule has 38 heavy (non-hydrogen) atoms. The summed E-state index contributed by atoms with van der Waals surface area (Å²) in [5, 5.41) is 2.08. The van der Waals surface area contributed by atoms with Crippen LogP contribution in [0.15, 0.2) is 101 Å². The van der Waals surface area contributed by atoms with Crippen LogP contribution in [0.3, 0.4) is 0 Å². The molecular weight excluding hydrogens is 540 g/mol. The quantitative estimate of drug-likeness (QED) is 0.201. The molecule has 3 aromatic carbocycles. The highest BCUT2D eigenvalue weighted by molar-refractivity contribution is 7.91. The number of carbonyl (C=O) groups is 1. The molecule has 0 aliphatic rings. The van der Waals surface area contributed by atoms with Gasteiger partial charge in [-0.3, -0.25) is 4.79 Å². The molecule has 6 nitrogen and oxygen atoms in total. The average molecular weight is 569 g/mol. The Balaban J connectivity index is 1.41. The normalized spacial score (nSPS) is 11.7. The van der Waals surface area contributed by atoms with Crippen molar-refractivity contribution in [1.29, 1.82) is 0 Å². The van der Waals surface area contributed by atoms with Crippen LogP contribution in [-0.4, -0.2) is 26.0 Å². The van der Waals surface area contributed by atoms with Crippen LogP contribution in [0.25, 0.3) is 0 Å². The highest BCUT2D eigenvalue weighted by Gasteiger charge is 2.20. The molecule has 0 bridgehead atoms. The van der Waals surface area contributed by atoms with Crippen molar-refractivity contribution in [3.8, 4) is 0 Å². The zero-order valence-electron chi connectivity index (χ0n) is 20.9. The van der Waals surface area contributed by atoms with E-state index < -0.39 is 16.0 Å². The van der Waals surface area contributed by atoms with Crippen molar-refractivity contribution in [2.24, 2.45) is 0 Å². The van der Waals surface area contributed by atoms with Gasteiger partial charge in [0.25, 0.3) is 0 Å². The Morgan fingerprint density at radius 3 is 2.18 bits per heavy atom. The van der Waals surface area contributed by atoms with Crippen molar-refractivity contribution in [3.05, 3.63) is 124 Å². The van der Waals surface area contributed by atoms with E-state index in [0.29, 0.717) is 24.5 Å². The number of hydrogen-bond acceptors (Lipinski definition) is 6. The van der Waals surface area contributed by atoms with Crippen LogP contribution < -0.4 is 4.72 Å². The first-order valence-corrected chi connectivity index (χ1v) is 14.8. The van der Waals surface area contributed by atoms with Crippen LogP contribution >= 0.6 is 22.9 Å². The second kappa shape index (κ2) is 13.2. The van der Waals surface area contributed by atoms with Crippen LogP contribution in [-0.2, 0) is 32.7 Å². The highest BCUT2D eigenvalue weighted by atomic mass is 35.5. The standard InChI is InChI=1S/C29H29ClN2O4S2/c1-22(33)36-32(20-23-9-8-14-26(30)19-23)21-27-15-16-29(37-27)38(34,35)31-18-17-28(24-10-4-2-5-11-24)25-12-6-3-7-13-25/h2-16,19,28,31H,17-18,20-21H2,1H3. The van der Waals surface area contributed by atoms with E-state index in [0.717, 1.165) is 32.9 Å². The number of nitrogens with zero attached hydrogens (tertiary/aromatic N) is 1. The van der Waals surface area contributed by atoms with E-state index >= 15 is 0 Å². The van der Waals surface area contributed by atoms with E-state index in [9.17, 15) is 13.2 Å². The van der Waals surface area contributed by atoms with E-state index in [1.54, 1.807) is 24.3 Å². The molecule has 4 rings (SSSR count). The summed E-state index contributed by atoms with van der Waals surface area (Å²) >= 11 is 7.23. The monoisotopic (exact) mass is 568 g/mol. The minimum absolute atomic E-state index is 0.0720. The van der Waals surface area contributed by atoms with Gasteiger partial charge in [-0.1, -0.05) is 84.4 Å². The third-order valence-corrected chi connectivity index (χ3v) is 9.13. The Hall–Kier alpha value is -3.01. The number of rotatable bonds is 12. The van der Waals surface area contributed by atoms with Gasteiger partial charge in [0.05, 0.1) is 13.1 Å². The summed E-state index contributed by atoms with van der Waals surface area (Å²) in [6.07, 6.45) is 0.616. The number of sulfonamides is 1. The molecule has 198 valence electrons. The molecule has 0 saturated heterocycles. The van der Waals surface area contributed by atoms with Gasteiger partial charge in [-0.15, -0.1) is 16.4 Å². The van der Waals surface area contributed by atoms with Gasteiger partial charge < -0.3 is 4.84 Å². The lowest BCUT2D eigenvalue weighted by Gasteiger charge is -2.20. The minimum Gasteiger partial charge on any atom is -0.368 e. The third-order valence-electron chi connectivity index (χ3n) is 5.87. The van der Waals surface area contributed by atoms with E-state index in [2.05, 4.69) is 29.0 Å². The summed E-state index contributed by atoms with van der Waals surface area (Å²) in [6.45, 7) is 2.19. The molecule has 0 spiro atoms. The second-order valence-corrected chi connectivity index (χ2v) is 12.4. The van der Waals surface area contributed by atoms with Crippen LogP contribution in [0.4, 0.5) is 0 Å². The van der Waals surface area contributed by atoms with Crippen molar-refractivity contribution >= 4 is 38.9 Å². The Bertz CT molecular complexity index is 1400. The summed E-state index contributed by atoms with van der Waals surface area (Å²) in [7, 11) is -3.70. The van der Waals surface area contributed by atoms with E-state index in [-0.39, 0.29) is 16.7 Å². The maximum Gasteiger partial charge on any atom is 0.322 e. The number of benzene rings is 3. The zero-order chi connectivity index (χ0) is 27.0. The fourth-order valence-corrected chi connectivity index (χ4v) is 6.87. The topological polar surface area (TPSA) is 75.7 Å². The van der Waals surface area contributed by atoms with Gasteiger partial charge in [0.2, 0.25) is 10.0 Å². The average Bonchev–Trinajstić information content (AvgIpc) is 3.37. The lowest BCUT2D eigenvalue weighted by molar-refractivity contribution is -0.193. The first kappa shape index (κ1) is 28.0.